The second-order valence-corrected chi connectivity index (χ2v) is 7.52. The van der Waals surface area contributed by atoms with Gasteiger partial charge in [-0.2, -0.15) is 0 Å². The van der Waals surface area contributed by atoms with Crippen molar-refractivity contribution in [3.8, 4) is 0 Å². The maximum Gasteiger partial charge on any atom is 0.337 e. The van der Waals surface area contributed by atoms with Crippen molar-refractivity contribution in [2.45, 2.75) is 25.3 Å². The Bertz CT molecular complexity index is 841. The van der Waals surface area contributed by atoms with E-state index in [-0.39, 0.29) is 12.0 Å². The van der Waals surface area contributed by atoms with Crippen LogP contribution in [-0.4, -0.2) is 11.1 Å². The van der Waals surface area contributed by atoms with Crippen LogP contribution in [0.15, 0.2) is 53.0 Å². The number of carboxylic acids is 1. The van der Waals surface area contributed by atoms with Crippen molar-refractivity contribution in [1.29, 1.82) is 0 Å². The van der Waals surface area contributed by atoms with E-state index in [1.165, 1.54) is 11.1 Å². The van der Waals surface area contributed by atoms with Gasteiger partial charge in [0.2, 0.25) is 0 Å². The van der Waals surface area contributed by atoms with Crippen LogP contribution in [0.3, 0.4) is 0 Å². The molecular formula is C20H18BrNO2. The fraction of sp³-hybridized carbons (Fsp3) is 0.250. The van der Waals surface area contributed by atoms with Gasteiger partial charge < -0.3 is 10.4 Å². The molecule has 24 heavy (non-hydrogen) atoms. The van der Waals surface area contributed by atoms with Gasteiger partial charge in [0.25, 0.3) is 0 Å². The third-order valence-electron chi connectivity index (χ3n) is 5.10. The van der Waals surface area contributed by atoms with Crippen LogP contribution >= 0.6 is 15.9 Å². The molecule has 0 bridgehead atoms. The molecular weight excluding hydrogens is 366 g/mol. The minimum atomic E-state index is -0.900. The second kappa shape index (κ2) is 5.78. The SMILES string of the molecule is Cc1ccc([C@@H]2Nc3c(C(=O)O)cc(Br)cc3[C@H]3C=CC[C@H]32)cc1. The number of anilines is 1. The molecule has 1 aliphatic heterocycles. The Morgan fingerprint density at radius 2 is 2.00 bits per heavy atom. The quantitative estimate of drug-likeness (QED) is 0.693. The van der Waals surface area contributed by atoms with Crippen LogP contribution < -0.4 is 5.32 Å². The van der Waals surface area contributed by atoms with E-state index in [1.54, 1.807) is 6.07 Å². The van der Waals surface area contributed by atoms with Crippen molar-refractivity contribution in [1.82, 2.24) is 0 Å². The number of allylic oxidation sites excluding steroid dienone is 2. The van der Waals surface area contributed by atoms with Crippen molar-refractivity contribution in [3.63, 3.8) is 0 Å². The lowest BCUT2D eigenvalue weighted by atomic mass is 9.76. The van der Waals surface area contributed by atoms with Crippen molar-refractivity contribution >= 4 is 27.6 Å². The van der Waals surface area contributed by atoms with Gasteiger partial charge in [-0.15, -0.1) is 0 Å². The first-order valence-corrected chi connectivity index (χ1v) is 8.90. The fourth-order valence-corrected chi connectivity index (χ4v) is 4.41. The molecule has 122 valence electrons. The highest BCUT2D eigenvalue weighted by molar-refractivity contribution is 9.10. The largest absolute Gasteiger partial charge is 0.478 e. The average Bonchev–Trinajstić information content (AvgIpc) is 3.04. The average molecular weight is 384 g/mol. The van der Waals surface area contributed by atoms with Crippen LogP contribution in [0.2, 0.25) is 0 Å². The predicted molar refractivity (Wildman–Crippen MR) is 98.6 cm³/mol. The van der Waals surface area contributed by atoms with Crippen molar-refractivity contribution < 1.29 is 9.90 Å². The van der Waals surface area contributed by atoms with E-state index in [2.05, 4.69) is 64.6 Å². The first kappa shape index (κ1) is 15.5. The minimum absolute atomic E-state index is 0.123. The van der Waals surface area contributed by atoms with E-state index < -0.39 is 5.97 Å². The molecule has 4 heteroatoms. The number of carboxylic acid groups (broad SMARTS) is 1. The molecule has 2 N–H and O–H groups in total. The maximum atomic E-state index is 11.7. The summed E-state index contributed by atoms with van der Waals surface area (Å²) < 4.78 is 0.813. The van der Waals surface area contributed by atoms with Gasteiger partial charge in [-0.25, -0.2) is 4.79 Å². The normalized spacial score (nSPS) is 24.2. The Kier molecular flexibility index (Phi) is 3.72. The van der Waals surface area contributed by atoms with Crippen LogP contribution in [0, 0.1) is 12.8 Å². The van der Waals surface area contributed by atoms with E-state index >= 15 is 0 Å². The lowest BCUT2D eigenvalue weighted by Gasteiger charge is -2.38. The molecule has 0 saturated carbocycles. The summed E-state index contributed by atoms with van der Waals surface area (Å²) in [7, 11) is 0. The lowest BCUT2D eigenvalue weighted by Crippen LogP contribution is -2.30. The van der Waals surface area contributed by atoms with E-state index in [1.807, 2.05) is 6.07 Å². The minimum Gasteiger partial charge on any atom is -0.478 e. The zero-order chi connectivity index (χ0) is 16.8. The molecule has 2 aromatic carbocycles. The zero-order valence-corrected chi connectivity index (χ0v) is 14.9. The van der Waals surface area contributed by atoms with Crippen molar-refractivity contribution in [2.75, 3.05) is 5.32 Å². The molecule has 3 nitrogen and oxygen atoms in total. The number of benzene rings is 2. The van der Waals surface area contributed by atoms with Crippen molar-refractivity contribution in [3.05, 3.63) is 75.3 Å². The van der Waals surface area contributed by atoms with Gasteiger partial charge in [-0.05, 0) is 42.5 Å². The molecule has 0 amide bonds. The number of halogens is 1. The van der Waals surface area contributed by atoms with Gasteiger partial charge in [0, 0.05) is 10.4 Å². The molecule has 0 fully saturated rings. The Morgan fingerprint density at radius 1 is 1.25 bits per heavy atom. The van der Waals surface area contributed by atoms with Gasteiger partial charge in [0.15, 0.2) is 0 Å². The van der Waals surface area contributed by atoms with Gasteiger partial charge in [0.05, 0.1) is 17.3 Å². The molecule has 1 aliphatic carbocycles. The Balaban J connectivity index is 1.86. The van der Waals surface area contributed by atoms with Gasteiger partial charge in [-0.3, -0.25) is 0 Å². The number of hydrogen-bond donors (Lipinski definition) is 2. The predicted octanol–water partition coefficient (Wildman–Crippen LogP) is 5.28. The van der Waals surface area contributed by atoms with Gasteiger partial charge >= 0.3 is 5.97 Å². The summed E-state index contributed by atoms with van der Waals surface area (Å²) in [5.74, 6) is -0.234. The maximum absolute atomic E-state index is 11.7. The van der Waals surface area contributed by atoms with Crippen LogP contribution in [0.25, 0.3) is 0 Å². The summed E-state index contributed by atoms with van der Waals surface area (Å²) in [4.78, 5) is 11.7. The van der Waals surface area contributed by atoms with Gasteiger partial charge in [-0.1, -0.05) is 57.9 Å². The Morgan fingerprint density at radius 3 is 2.71 bits per heavy atom. The highest BCUT2D eigenvalue weighted by Gasteiger charge is 2.39. The molecule has 2 aliphatic rings. The lowest BCUT2D eigenvalue weighted by molar-refractivity contribution is 0.0697. The van der Waals surface area contributed by atoms with Gasteiger partial charge in [0.1, 0.15) is 0 Å². The van der Waals surface area contributed by atoms with Crippen molar-refractivity contribution in [2.24, 2.45) is 5.92 Å². The molecule has 0 spiro atoms. The zero-order valence-electron chi connectivity index (χ0n) is 13.3. The highest BCUT2D eigenvalue weighted by Crippen LogP contribution is 2.51. The number of fused-ring (bicyclic) bond motifs is 3. The van der Waals surface area contributed by atoms with Crippen LogP contribution in [0.5, 0.6) is 0 Å². The smallest absolute Gasteiger partial charge is 0.337 e. The molecule has 4 rings (SSSR count). The summed E-state index contributed by atoms with van der Waals surface area (Å²) in [5, 5.41) is 13.2. The van der Waals surface area contributed by atoms with Crippen LogP contribution in [0.4, 0.5) is 5.69 Å². The summed E-state index contributed by atoms with van der Waals surface area (Å²) in [5.41, 5.74) is 4.60. The third kappa shape index (κ3) is 2.46. The highest BCUT2D eigenvalue weighted by atomic mass is 79.9. The number of hydrogen-bond acceptors (Lipinski definition) is 2. The second-order valence-electron chi connectivity index (χ2n) is 6.61. The van der Waals surface area contributed by atoms with E-state index in [0.29, 0.717) is 11.5 Å². The summed E-state index contributed by atoms with van der Waals surface area (Å²) >= 11 is 3.46. The fourth-order valence-electron chi connectivity index (χ4n) is 3.94. The molecule has 1 heterocycles. The summed E-state index contributed by atoms with van der Waals surface area (Å²) in [6.45, 7) is 2.08. The summed E-state index contributed by atoms with van der Waals surface area (Å²) in [6.07, 6.45) is 5.45. The van der Waals surface area contributed by atoms with Crippen LogP contribution in [0.1, 0.15) is 45.4 Å². The molecule has 0 saturated heterocycles. The number of rotatable bonds is 2. The Labute approximate surface area is 149 Å². The monoisotopic (exact) mass is 383 g/mol. The molecule has 0 unspecified atom stereocenters. The molecule has 0 aromatic heterocycles. The number of nitrogens with one attached hydrogen (secondary N) is 1. The van der Waals surface area contributed by atoms with E-state index in [0.717, 1.165) is 22.1 Å². The standard InChI is InChI=1S/C20H18BrNO2/c1-11-5-7-12(8-6-11)18-15-4-2-3-14(15)16-9-13(21)10-17(20(23)24)19(16)22-18/h2-3,5-10,14-15,18,22H,4H2,1H3,(H,23,24)/t14-,15+,18-/m0/s1. The topological polar surface area (TPSA) is 49.3 Å². The molecule has 0 radical (unpaired) electrons. The number of aryl methyl sites for hydroxylation is 1. The Hall–Kier alpha value is -2.07. The molecule has 3 atom stereocenters. The molecule has 2 aromatic rings. The van der Waals surface area contributed by atoms with Crippen LogP contribution in [-0.2, 0) is 0 Å². The van der Waals surface area contributed by atoms with E-state index in [9.17, 15) is 9.90 Å². The van der Waals surface area contributed by atoms with E-state index in [4.69, 9.17) is 0 Å². The first-order valence-electron chi connectivity index (χ1n) is 8.11. The first-order chi connectivity index (χ1) is 11.5. The summed E-state index contributed by atoms with van der Waals surface area (Å²) in [6, 6.07) is 12.4. The number of aromatic carboxylic acids is 1. The third-order valence-corrected chi connectivity index (χ3v) is 5.56. The number of carbonyl (C=O) groups is 1.